The molecule has 1 aliphatic heterocycles. The maximum Gasteiger partial charge on any atom is 0.118 e. The predicted molar refractivity (Wildman–Crippen MR) is 101 cm³/mol. The second-order valence-corrected chi connectivity index (χ2v) is 7.93. The first-order valence-electron chi connectivity index (χ1n) is 8.10. The molecule has 1 aliphatic rings. The van der Waals surface area contributed by atoms with E-state index in [-0.39, 0.29) is 5.41 Å². The monoisotopic (exact) mass is 324 g/mol. The summed E-state index contributed by atoms with van der Waals surface area (Å²) in [4.78, 5) is 1.44. The van der Waals surface area contributed by atoms with Crippen LogP contribution in [0.5, 0.6) is 5.75 Å². The number of thioether (sulfide) groups is 1. The van der Waals surface area contributed by atoms with Crippen LogP contribution in [0.15, 0.2) is 47.4 Å². The number of benzene rings is 2. The Labute approximate surface area is 143 Å². The molecule has 3 rings (SSSR count). The topological polar surface area (TPSA) is 9.23 Å². The van der Waals surface area contributed by atoms with Crippen molar-refractivity contribution >= 4 is 23.4 Å². The van der Waals surface area contributed by atoms with Crippen molar-refractivity contribution in [3.63, 3.8) is 0 Å². The molecular weight excluding hydrogens is 300 g/mol. The van der Waals surface area contributed by atoms with Crippen LogP contribution in [0, 0.1) is 0 Å². The zero-order valence-corrected chi connectivity index (χ0v) is 15.2. The molecule has 1 nitrogen and oxygen atoms in total. The van der Waals surface area contributed by atoms with Crippen molar-refractivity contribution < 1.29 is 4.74 Å². The van der Waals surface area contributed by atoms with Crippen molar-refractivity contribution in [2.75, 3.05) is 12.9 Å². The summed E-state index contributed by atoms with van der Waals surface area (Å²) in [6, 6.07) is 15.1. The molecule has 0 radical (unpaired) electrons. The van der Waals surface area contributed by atoms with Gasteiger partial charge in [0.05, 0.1) is 7.11 Å². The Balaban J connectivity index is 1.92. The van der Waals surface area contributed by atoms with Crippen LogP contribution in [-0.2, 0) is 5.41 Å². The second-order valence-electron chi connectivity index (χ2n) is 6.79. The Morgan fingerprint density at radius 3 is 2.57 bits per heavy atom. The van der Waals surface area contributed by atoms with E-state index in [0.717, 1.165) is 5.75 Å². The summed E-state index contributed by atoms with van der Waals surface area (Å²) in [5.74, 6) is 2.12. The molecule has 0 atom stereocenters. The van der Waals surface area contributed by atoms with Crippen LogP contribution in [0.3, 0.4) is 0 Å². The molecule has 0 bridgehead atoms. The van der Waals surface area contributed by atoms with Crippen molar-refractivity contribution in [3.8, 4) is 5.75 Å². The van der Waals surface area contributed by atoms with Gasteiger partial charge >= 0.3 is 0 Å². The van der Waals surface area contributed by atoms with E-state index in [9.17, 15) is 0 Å². The van der Waals surface area contributed by atoms with Gasteiger partial charge in [-0.2, -0.15) is 0 Å². The van der Waals surface area contributed by atoms with Crippen molar-refractivity contribution in [1.82, 2.24) is 0 Å². The lowest BCUT2D eigenvalue weighted by Gasteiger charge is -2.32. The third kappa shape index (κ3) is 3.48. The molecule has 2 aromatic rings. The molecule has 0 saturated heterocycles. The van der Waals surface area contributed by atoms with E-state index in [1.807, 2.05) is 23.9 Å². The van der Waals surface area contributed by atoms with Gasteiger partial charge in [0.2, 0.25) is 0 Å². The summed E-state index contributed by atoms with van der Waals surface area (Å²) in [7, 11) is 1.70. The number of fused-ring (bicyclic) bond motifs is 1. The molecule has 0 aliphatic carbocycles. The first-order chi connectivity index (χ1) is 11.0. The molecule has 0 N–H and O–H groups in total. The van der Waals surface area contributed by atoms with Crippen LogP contribution >= 0.6 is 11.8 Å². The first kappa shape index (κ1) is 16.2. The minimum Gasteiger partial charge on any atom is -0.497 e. The number of ether oxygens (including phenoxy) is 1. The van der Waals surface area contributed by atoms with Crippen molar-refractivity contribution in [2.45, 2.75) is 37.5 Å². The molecule has 0 spiro atoms. The largest absolute Gasteiger partial charge is 0.497 e. The summed E-state index contributed by atoms with van der Waals surface area (Å²) in [6.45, 7) is 6.88. The highest BCUT2D eigenvalue weighted by Gasteiger charge is 2.27. The third-order valence-corrected chi connectivity index (χ3v) is 5.72. The van der Waals surface area contributed by atoms with Crippen molar-refractivity contribution in [1.29, 1.82) is 0 Å². The number of rotatable bonds is 3. The highest BCUT2D eigenvalue weighted by molar-refractivity contribution is 7.99. The first-order valence-corrected chi connectivity index (χ1v) is 9.08. The molecule has 0 fully saturated rings. The fourth-order valence-corrected chi connectivity index (χ4v) is 4.52. The highest BCUT2D eigenvalue weighted by atomic mass is 32.2. The van der Waals surface area contributed by atoms with Crippen molar-refractivity contribution in [2.24, 2.45) is 0 Å². The lowest BCUT2D eigenvalue weighted by molar-refractivity contribution is 0.415. The fourth-order valence-electron chi connectivity index (χ4n) is 3.03. The minimum absolute atomic E-state index is 0.276. The van der Waals surface area contributed by atoms with Gasteiger partial charge in [0.25, 0.3) is 0 Å². The van der Waals surface area contributed by atoms with Gasteiger partial charge in [0, 0.05) is 4.90 Å². The Bertz CT molecular complexity index is 726. The maximum atomic E-state index is 5.23. The standard InChI is InChI=1S/C21H24OS/c1-15(17-6-8-18(22-4)9-7-17)13-16-5-10-20-19(14-16)21(2,3)11-12-23-20/h5-10,13-14H,11-12H2,1-4H3. The average molecular weight is 324 g/mol. The van der Waals surface area contributed by atoms with E-state index in [0.29, 0.717) is 0 Å². The number of allylic oxidation sites excluding steroid dienone is 1. The maximum absolute atomic E-state index is 5.23. The zero-order chi connectivity index (χ0) is 16.4. The summed E-state index contributed by atoms with van der Waals surface area (Å²) >= 11 is 1.98. The molecule has 120 valence electrons. The molecule has 0 aromatic heterocycles. The molecule has 0 saturated carbocycles. The van der Waals surface area contributed by atoms with Gasteiger partial charge in [0.1, 0.15) is 5.75 Å². The van der Waals surface area contributed by atoms with E-state index >= 15 is 0 Å². The van der Waals surface area contributed by atoms with E-state index in [1.54, 1.807) is 7.11 Å². The van der Waals surface area contributed by atoms with E-state index in [4.69, 9.17) is 4.74 Å². The molecule has 0 unspecified atom stereocenters. The van der Waals surface area contributed by atoms with Gasteiger partial charge in [-0.3, -0.25) is 0 Å². The predicted octanol–water partition coefficient (Wildman–Crippen LogP) is 6.03. The van der Waals surface area contributed by atoms with Gasteiger partial charge in [-0.15, -0.1) is 11.8 Å². The SMILES string of the molecule is COc1ccc(C(C)=Cc2ccc3c(c2)C(C)(C)CCS3)cc1. The Hall–Kier alpha value is -1.67. The van der Waals surface area contributed by atoms with Crippen molar-refractivity contribution in [3.05, 3.63) is 59.2 Å². The third-order valence-electron chi connectivity index (χ3n) is 4.65. The van der Waals surface area contributed by atoms with Crippen LogP contribution in [0.1, 0.15) is 43.9 Å². The summed E-state index contributed by atoms with van der Waals surface area (Å²) < 4.78 is 5.23. The molecular formula is C21H24OS. The summed E-state index contributed by atoms with van der Waals surface area (Å²) in [6.07, 6.45) is 3.52. The van der Waals surface area contributed by atoms with Crippen LogP contribution in [0.4, 0.5) is 0 Å². The van der Waals surface area contributed by atoms with E-state index < -0.39 is 0 Å². The average Bonchev–Trinajstić information content (AvgIpc) is 2.55. The van der Waals surface area contributed by atoms with Gasteiger partial charge in [0.15, 0.2) is 0 Å². The van der Waals surface area contributed by atoms with Gasteiger partial charge in [-0.1, -0.05) is 44.2 Å². The van der Waals surface area contributed by atoms with Gasteiger partial charge < -0.3 is 4.74 Å². The van der Waals surface area contributed by atoms with Gasteiger partial charge in [-0.05, 0) is 65.0 Å². The minimum atomic E-state index is 0.276. The van der Waals surface area contributed by atoms with Crippen LogP contribution in [0.2, 0.25) is 0 Å². The fraction of sp³-hybridized carbons (Fsp3) is 0.333. The Morgan fingerprint density at radius 1 is 1.13 bits per heavy atom. The number of hydrogen-bond acceptors (Lipinski definition) is 2. The molecule has 1 heterocycles. The lowest BCUT2D eigenvalue weighted by atomic mass is 9.81. The summed E-state index contributed by atoms with van der Waals surface area (Å²) in [5.41, 5.74) is 5.56. The van der Waals surface area contributed by atoms with E-state index in [2.05, 4.69) is 57.2 Å². The molecule has 23 heavy (non-hydrogen) atoms. The van der Waals surface area contributed by atoms with E-state index in [1.165, 1.54) is 39.3 Å². The quantitative estimate of drug-likeness (QED) is 0.638. The smallest absolute Gasteiger partial charge is 0.118 e. The Morgan fingerprint density at radius 2 is 1.87 bits per heavy atom. The van der Waals surface area contributed by atoms with Crippen LogP contribution < -0.4 is 4.74 Å². The molecule has 2 aromatic carbocycles. The van der Waals surface area contributed by atoms with Crippen LogP contribution in [-0.4, -0.2) is 12.9 Å². The second kappa shape index (κ2) is 6.45. The molecule has 0 amide bonds. The normalized spacial score (nSPS) is 16.8. The van der Waals surface area contributed by atoms with Crippen LogP contribution in [0.25, 0.3) is 11.6 Å². The van der Waals surface area contributed by atoms with Gasteiger partial charge in [-0.25, -0.2) is 0 Å². The number of hydrogen-bond donors (Lipinski definition) is 0. The molecule has 2 heteroatoms. The Kier molecular flexibility index (Phi) is 4.54. The number of methoxy groups -OCH3 is 1. The summed E-state index contributed by atoms with van der Waals surface area (Å²) in [5, 5.41) is 0. The highest BCUT2D eigenvalue weighted by Crippen LogP contribution is 2.42. The lowest BCUT2D eigenvalue weighted by Crippen LogP contribution is -2.22. The zero-order valence-electron chi connectivity index (χ0n) is 14.3.